The lowest BCUT2D eigenvalue weighted by atomic mass is 10.1. The average molecular weight is 428 g/mol. The minimum Gasteiger partial charge on any atom is -0.378 e. The maximum absolute atomic E-state index is 13.1. The van der Waals surface area contributed by atoms with Crippen LogP contribution in [0.1, 0.15) is 32.1 Å². The molecule has 2 saturated carbocycles. The van der Waals surface area contributed by atoms with Crippen molar-refractivity contribution in [3.8, 4) is 0 Å². The van der Waals surface area contributed by atoms with Crippen LogP contribution in [0.3, 0.4) is 0 Å². The van der Waals surface area contributed by atoms with Gasteiger partial charge in [0.15, 0.2) is 9.84 Å². The van der Waals surface area contributed by atoms with Crippen LogP contribution in [0.2, 0.25) is 5.02 Å². The maximum atomic E-state index is 13.1. The Morgan fingerprint density at radius 2 is 1.96 bits per heavy atom. The molecule has 2 atom stereocenters. The second-order valence-corrected chi connectivity index (χ2v) is 10.6. The van der Waals surface area contributed by atoms with Gasteiger partial charge in [-0.15, -0.1) is 0 Å². The van der Waals surface area contributed by atoms with E-state index in [-0.39, 0.29) is 21.7 Å². The van der Waals surface area contributed by atoms with Gasteiger partial charge in [-0.3, -0.25) is 4.79 Å². The van der Waals surface area contributed by atoms with Crippen molar-refractivity contribution < 1.29 is 17.9 Å². The molecule has 0 radical (unpaired) electrons. The number of ether oxygens (including phenoxy) is 1. The molecule has 7 nitrogen and oxygen atoms in total. The van der Waals surface area contributed by atoms with Crippen molar-refractivity contribution >= 4 is 33.0 Å². The van der Waals surface area contributed by atoms with Crippen LogP contribution in [0.5, 0.6) is 0 Å². The number of carbonyl (C=O) groups is 1. The maximum Gasteiger partial charge on any atom is 0.224 e. The van der Waals surface area contributed by atoms with Gasteiger partial charge in [0, 0.05) is 24.7 Å². The van der Waals surface area contributed by atoms with E-state index in [2.05, 4.69) is 10.2 Å². The number of hydrogen-bond acceptors (Lipinski definition) is 6. The Bertz CT molecular complexity index is 866. The van der Waals surface area contributed by atoms with E-state index in [1.807, 2.05) is 0 Å². The number of anilines is 1. The Hall–Kier alpha value is -1.35. The van der Waals surface area contributed by atoms with Gasteiger partial charge < -0.3 is 20.7 Å². The van der Waals surface area contributed by atoms with Crippen LogP contribution in [-0.4, -0.2) is 51.5 Å². The molecule has 2 aliphatic carbocycles. The Kier molecular flexibility index (Phi) is 5.33. The fourth-order valence-electron chi connectivity index (χ4n) is 3.99. The fourth-order valence-corrected chi connectivity index (χ4v) is 6.36. The lowest BCUT2D eigenvalue weighted by molar-refractivity contribution is -0.125. The van der Waals surface area contributed by atoms with Crippen molar-refractivity contribution in [3.63, 3.8) is 0 Å². The first-order chi connectivity index (χ1) is 13.3. The summed E-state index contributed by atoms with van der Waals surface area (Å²) in [6.07, 6.45) is 2.87. The number of hydrogen-bond donors (Lipinski definition) is 2. The third kappa shape index (κ3) is 4.01. The van der Waals surface area contributed by atoms with Gasteiger partial charge in [-0.05, 0) is 50.3 Å². The number of carbonyl (C=O) groups excluding carboxylic acids is 1. The molecule has 28 heavy (non-hydrogen) atoms. The number of halogens is 1. The van der Waals surface area contributed by atoms with Gasteiger partial charge in [0.05, 0.1) is 34.0 Å². The van der Waals surface area contributed by atoms with Gasteiger partial charge in [-0.25, -0.2) is 8.42 Å². The molecule has 0 bridgehead atoms. The first kappa shape index (κ1) is 19.9. The molecule has 154 valence electrons. The zero-order valence-corrected chi connectivity index (χ0v) is 17.3. The van der Waals surface area contributed by atoms with Crippen molar-refractivity contribution in [2.24, 2.45) is 11.7 Å². The molecular weight excluding hydrogens is 402 g/mol. The van der Waals surface area contributed by atoms with Crippen LogP contribution in [0.4, 0.5) is 5.69 Å². The molecule has 1 saturated heterocycles. The number of amides is 1. The normalized spacial score (nSPS) is 26.9. The van der Waals surface area contributed by atoms with E-state index in [1.54, 1.807) is 18.2 Å². The molecule has 1 heterocycles. The molecule has 1 amide bonds. The fraction of sp³-hybridized carbons (Fsp3) is 0.632. The van der Waals surface area contributed by atoms with Gasteiger partial charge in [0.2, 0.25) is 5.91 Å². The highest BCUT2D eigenvalue weighted by molar-refractivity contribution is 7.92. The van der Waals surface area contributed by atoms with Crippen LogP contribution >= 0.6 is 11.6 Å². The predicted octanol–water partition coefficient (Wildman–Crippen LogP) is 1.68. The van der Waals surface area contributed by atoms with Crippen molar-refractivity contribution in [1.29, 1.82) is 0 Å². The zero-order chi connectivity index (χ0) is 19.9. The molecule has 1 aromatic rings. The molecular formula is C19H26ClN3O4S. The van der Waals surface area contributed by atoms with Crippen LogP contribution < -0.4 is 16.0 Å². The third-order valence-electron chi connectivity index (χ3n) is 5.95. The lowest BCUT2D eigenvalue weighted by Gasteiger charge is -2.29. The first-order valence-electron chi connectivity index (χ1n) is 9.76. The molecule has 3 aliphatic rings. The summed E-state index contributed by atoms with van der Waals surface area (Å²) < 4.78 is 31.6. The number of sulfone groups is 1. The van der Waals surface area contributed by atoms with Crippen molar-refractivity contribution in [2.45, 2.75) is 47.9 Å². The molecule has 1 aromatic carbocycles. The third-order valence-corrected chi connectivity index (χ3v) is 8.65. The molecule has 3 N–H and O–H groups in total. The van der Waals surface area contributed by atoms with Gasteiger partial charge in [0.1, 0.15) is 0 Å². The summed E-state index contributed by atoms with van der Waals surface area (Å²) in [6.45, 7) is 2.80. The van der Waals surface area contributed by atoms with Gasteiger partial charge in [-0.2, -0.15) is 0 Å². The Labute approximate surface area is 170 Å². The molecule has 9 heteroatoms. The highest BCUT2D eigenvalue weighted by atomic mass is 35.5. The van der Waals surface area contributed by atoms with E-state index in [4.69, 9.17) is 22.1 Å². The van der Waals surface area contributed by atoms with Gasteiger partial charge in [0.25, 0.3) is 0 Å². The van der Waals surface area contributed by atoms with E-state index < -0.39 is 20.8 Å². The second-order valence-electron chi connectivity index (χ2n) is 8.04. The van der Waals surface area contributed by atoms with Crippen LogP contribution in [0, 0.1) is 5.92 Å². The summed E-state index contributed by atoms with van der Waals surface area (Å²) in [6, 6.07) is 5.10. The van der Waals surface area contributed by atoms with E-state index >= 15 is 0 Å². The van der Waals surface area contributed by atoms with Gasteiger partial charge in [-0.1, -0.05) is 11.6 Å². The van der Waals surface area contributed by atoms with E-state index in [1.165, 1.54) is 0 Å². The average Bonchev–Trinajstić information content (AvgIpc) is 3.19. The molecule has 3 fully saturated rings. The first-order valence-corrected chi connectivity index (χ1v) is 11.7. The number of benzene rings is 1. The Morgan fingerprint density at radius 3 is 2.61 bits per heavy atom. The summed E-state index contributed by atoms with van der Waals surface area (Å²) in [5.41, 5.74) is 6.26. The van der Waals surface area contributed by atoms with E-state index in [0.717, 1.165) is 31.6 Å². The van der Waals surface area contributed by atoms with Crippen molar-refractivity contribution in [3.05, 3.63) is 23.2 Å². The van der Waals surface area contributed by atoms with Crippen molar-refractivity contribution in [2.75, 3.05) is 31.2 Å². The number of rotatable bonds is 5. The summed E-state index contributed by atoms with van der Waals surface area (Å²) in [5.74, 6) is -0.446. The summed E-state index contributed by atoms with van der Waals surface area (Å²) in [4.78, 5) is 14.6. The van der Waals surface area contributed by atoms with Crippen molar-refractivity contribution in [1.82, 2.24) is 5.32 Å². The topological polar surface area (TPSA) is 102 Å². The highest BCUT2D eigenvalue weighted by Crippen LogP contribution is 2.38. The lowest BCUT2D eigenvalue weighted by Crippen LogP contribution is -2.46. The molecule has 0 aromatic heterocycles. The van der Waals surface area contributed by atoms with E-state index in [9.17, 15) is 13.2 Å². The molecule has 0 unspecified atom stereocenters. The predicted molar refractivity (Wildman–Crippen MR) is 107 cm³/mol. The standard InChI is InChI=1S/C19H26ClN3O4S/c20-16-12-14(23-7-9-27-10-8-23)2-4-17(16)28(25,26)15-3-1-13(11-15)18(24)22-19(21)5-6-19/h2,4,12-13,15H,1,3,5-11,21H2,(H,22,24)/t13-,15-/m0/s1. The largest absolute Gasteiger partial charge is 0.378 e. The monoisotopic (exact) mass is 427 g/mol. The quantitative estimate of drug-likeness (QED) is 0.693. The summed E-state index contributed by atoms with van der Waals surface area (Å²) in [5, 5.41) is 2.48. The number of nitrogens with one attached hydrogen (secondary N) is 1. The highest BCUT2D eigenvalue weighted by Gasteiger charge is 2.44. The van der Waals surface area contributed by atoms with E-state index in [0.29, 0.717) is 32.5 Å². The van der Waals surface area contributed by atoms with Gasteiger partial charge >= 0.3 is 0 Å². The SMILES string of the molecule is NC1(NC(=O)[C@H]2CC[C@H](S(=O)(=O)c3ccc(N4CCOCC4)cc3Cl)C2)CC1. The van der Waals surface area contributed by atoms with Crippen LogP contribution in [0.15, 0.2) is 23.1 Å². The number of nitrogens with zero attached hydrogens (tertiary/aromatic N) is 1. The zero-order valence-electron chi connectivity index (χ0n) is 15.7. The number of morpholine rings is 1. The summed E-state index contributed by atoms with van der Waals surface area (Å²) >= 11 is 6.37. The van der Waals surface area contributed by atoms with Crippen LogP contribution in [0.25, 0.3) is 0 Å². The molecule has 1 aliphatic heterocycles. The second kappa shape index (κ2) is 7.48. The summed E-state index contributed by atoms with van der Waals surface area (Å²) in [7, 11) is -3.60. The van der Waals surface area contributed by atoms with Crippen LogP contribution in [-0.2, 0) is 19.4 Å². The smallest absolute Gasteiger partial charge is 0.224 e. The molecule has 0 spiro atoms. The minimum atomic E-state index is -3.60. The Balaban J connectivity index is 1.46. The minimum absolute atomic E-state index is 0.133. The Morgan fingerprint density at radius 1 is 1.25 bits per heavy atom. The molecule has 4 rings (SSSR count). The number of nitrogens with two attached hydrogens (primary N) is 1.